The fraction of sp³-hybridized carbons (Fsp3) is 0.750. The van der Waals surface area contributed by atoms with Gasteiger partial charge in [-0.05, 0) is 12.8 Å². The fourth-order valence-corrected chi connectivity index (χ4v) is 1.55. The molecule has 114 valence electrons. The molecule has 19 heavy (non-hydrogen) atoms. The van der Waals surface area contributed by atoms with Crippen LogP contribution in [0.2, 0.25) is 0 Å². The molecule has 1 unspecified atom stereocenters. The molecule has 0 aromatic heterocycles. The normalized spacial score (nSPS) is 21.9. The Morgan fingerprint density at radius 1 is 1.47 bits per heavy atom. The van der Waals surface area contributed by atoms with Crippen LogP contribution in [0.15, 0.2) is 18.2 Å². The molecule has 6 nitrogen and oxygen atoms in total. The first-order valence-corrected chi connectivity index (χ1v) is 7.94. The molecule has 7 heteroatoms. The van der Waals surface area contributed by atoms with Crippen molar-refractivity contribution in [2.24, 2.45) is 10.9 Å². The summed E-state index contributed by atoms with van der Waals surface area (Å²) in [5, 5.41) is 10.0. The highest BCUT2D eigenvalue weighted by molar-refractivity contribution is 7.84. The molecular formula is C12H26N2O4S. The van der Waals surface area contributed by atoms with Crippen molar-refractivity contribution in [3.05, 3.63) is 13.2 Å². The van der Waals surface area contributed by atoms with Crippen LogP contribution in [0.1, 0.15) is 27.2 Å². The molecule has 0 bridgehead atoms. The van der Waals surface area contributed by atoms with Crippen LogP contribution >= 0.6 is 0 Å². The summed E-state index contributed by atoms with van der Waals surface area (Å²) in [6, 6.07) is 0. The number of aliphatic imine (C=N–C) groups is 1. The average molecular weight is 294 g/mol. The van der Waals surface area contributed by atoms with E-state index in [2.05, 4.69) is 32.0 Å². The van der Waals surface area contributed by atoms with E-state index in [0.29, 0.717) is 12.2 Å². The van der Waals surface area contributed by atoms with Crippen LogP contribution in [0.5, 0.6) is 0 Å². The molecule has 0 aromatic rings. The number of quaternary nitrogens is 1. The molecule has 0 aromatic carbocycles. The summed E-state index contributed by atoms with van der Waals surface area (Å²) in [7, 11) is -3.92. The van der Waals surface area contributed by atoms with E-state index in [1.54, 1.807) is 0 Å². The van der Waals surface area contributed by atoms with Gasteiger partial charge in [-0.15, -0.1) is 17.8 Å². The molecule has 0 spiro atoms. The lowest BCUT2D eigenvalue weighted by atomic mass is 10.1. The summed E-state index contributed by atoms with van der Waals surface area (Å²) >= 11 is 0. The maximum absolute atomic E-state index is 10.0. The molecule has 0 amide bonds. The molecule has 1 rings (SSSR count). The summed E-state index contributed by atoms with van der Waals surface area (Å²) in [4.78, 5) is 4.34. The lowest BCUT2D eigenvalue weighted by molar-refractivity contribution is -1.03. The lowest BCUT2D eigenvalue weighted by Crippen LogP contribution is -2.47. The minimum atomic E-state index is -3.92. The van der Waals surface area contributed by atoms with Gasteiger partial charge in [0.1, 0.15) is 13.1 Å². The number of hydrogen-bond donors (Lipinski definition) is 1. The van der Waals surface area contributed by atoms with Crippen LogP contribution < -0.4 is 0 Å². The average Bonchev–Trinajstić information content (AvgIpc) is 2.61. The Bertz CT molecular complexity index is 371. The Labute approximate surface area is 116 Å². The van der Waals surface area contributed by atoms with Crippen molar-refractivity contribution in [2.75, 3.05) is 25.9 Å². The van der Waals surface area contributed by atoms with Crippen molar-refractivity contribution in [3.8, 4) is 0 Å². The van der Waals surface area contributed by atoms with Gasteiger partial charge in [-0.3, -0.25) is 0 Å². The quantitative estimate of drug-likeness (QED) is 0.486. The molecule has 0 saturated carbocycles. The molecule has 0 aliphatic carbocycles. The molecule has 0 radical (unpaired) electrons. The summed E-state index contributed by atoms with van der Waals surface area (Å²) < 4.78 is 27.3. The van der Waals surface area contributed by atoms with Gasteiger partial charge in [0.05, 0.1) is 16.7 Å². The Morgan fingerprint density at radius 3 is 2.21 bits per heavy atom. The summed E-state index contributed by atoms with van der Waals surface area (Å²) in [6.45, 7) is 14.6. The van der Waals surface area contributed by atoms with Crippen LogP contribution in [0.4, 0.5) is 0 Å². The minimum Gasteiger partial charge on any atom is -0.748 e. The van der Waals surface area contributed by atoms with Gasteiger partial charge in [0.15, 0.2) is 0 Å². The topological polar surface area (TPSA) is 89.8 Å². The Kier molecular flexibility index (Phi) is 9.95. The van der Waals surface area contributed by atoms with Crippen LogP contribution in [0, 0.1) is 5.92 Å². The van der Waals surface area contributed by atoms with Crippen molar-refractivity contribution in [1.29, 1.82) is 0 Å². The second-order valence-corrected chi connectivity index (χ2v) is 5.97. The largest absolute Gasteiger partial charge is 0.748 e. The summed E-state index contributed by atoms with van der Waals surface area (Å²) in [5.74, 6) is 1.55. The first-order valence-electron chi connectivity index (χ1n) is 6.13. The van der Waals surface area contributed by atoms with Gasteiger partial charge in [-0.1, -0.05) is 13.8 Å². The van der Waals surface area contributed by atoms with E-state index in [-0.39, 0.29) is 4.65 Å². The lowest BCUT2D eigenvalue weighted by Gasteiger charge is -2.24. The SMILES string of the molecule is C=C.CC[N+]1(O)CCN=C1CC(C)C.CS(=O)(=O)[O-]. The van der Waals surface area contributed by atoms with E-state index in [4.69, 9.17) is 13.0 Å². The molecule has 1 heterocycles. The highest BCUT2D eigenvalue weighted by Gasteiger charge is 2.35. The van der Waals surface area contributed by atoms with Gasteiger partial charge >= 0.3 is 0 Å². The van der Waals surface area contributed by atoms with Gasteiger partial charge in [-0.2, -0.15) is 0 Å². The second kappa shape index (κ2) is 9.19. The smallest absolute Gasteiger partial charge is 0.231 e. The third-order valence-electron chi connectivity index (χ3n) is 2.36. The summed E-state index contributed by atoms with van der Waals surface area (Å²) in [6.07, 6.45) is 1.53. The highest BCUT2D eigenvalue weighted by Crippen LogP contribution is 2.16. The standard InChI is InChI=1S/C9H19N2O.C2H4.CH4O3S/c1-4-11(12)6-5-10-9(11)7-8(2)3;1-2;1-5(2,3)4/h8,12H,4-7H2,1-3H3;1-2H2;1H3,(H,2,3,4)/q+1;;/p-1. The molecular weight excluding hydrogens is 268 g/mol. The zero-order valence-corrected chi connectivity index (χ0v) is 13.1. The van der Waals surface area contributed by atoms with Gasteiger partial charge < -0.3 is 4.55 Å². The molecule has 1 N–H and O–H groups in total. The first kappa shape index (κ1) is 20.6. The van der Waals surface area contributed by atoms with Crippen molar-refractivity contribution >= 4 is 16.0 Å². The van der Waals surface area contributed by atoms with Gasteiger partial charge in [0, 0.05) is 12.7 Å². The number of amidine groups is 1. The van der Waals surface area contributed by atoms with Crippen LogP contribution in [0.3, 0.4) is 0 Å². The van der Waals surface area contributed by atoms with Crippen molar-refractivity contribution in [2.45, 2.75) is 27.2 Å². The zero-order chi connectivity index (χ0) is 15.7. The van der Waals surface area contributed by atoms with Gasteiger partial charge in [-0.25, -0.2) is 18.6 Å². The van der Waals surface area contributed by atoms with Gasteiger partial charge in [0.2, 0.25) is 5.84 Å². The maximum atomic E-state index is 10.0. The molecule has 1 aliphatic rings. The predicted octanol–water partition coefficient (Wildman–Crippen LogP) is 1.63. The Hall–Kier alpha value is -0.760. The number of likely N-dealkylation sites (N-methyl/N-ethyl adjacent to an activating group) is 1. The number of nitrogens with zero attached hydrogens (tertiary/aromatic N) is 2. The molecule has 1 atom stereocenters. The van der Waals surface area contributed by atoms with E-state index in [1.807, 2.05) is 6.92 Å². The molecule has 1 aliphatic heterocycles. The molecule has 0 saturated heterocycles. The van der Waals surface area contributed by atoms with Crippen LogP contribution in [-0.2, 0) is 10.1 Å². The Morgan fingerprint density at radius 2 is 1.89 bits per heavy atom. The van der Waals surface area contributed by atoms with Crippen molar-refractivity contribution in [1.82, 2.24) is 0 Å². The van der Waals surface area contributed by atoms with Gasteiger partial charge in [0.25, 0.3) is 0 Å². The Balaban J connectivity index is 0. The van der Waals surface area contributed by atoms with Crippen LogP contribution in [-0.4, -0.2) is 54.5 Å². The monoisotopic (exact) mass is 294 g/mol. The predicted molar refractivity (Wildman–Crippen MR) is 76.1 cm³/mol. The van der Waals surface area contributed by atoms with E-state index in [1.165, 1.54) is 0 Å². The van der Waals surface area contributed by atoms with E-state index >= 15 is 0 Å². The van der Waals surface area contributed by atoms with Crippen molar-refractivity contribution < 1.29 is 22.8 Å². The number of hydroxylamine groups is 3. The highest BCUT2D eigenvalue weighted by atomic mass is 32.2. The number of rotatable bonds is 3. The fourth-order valence-electron chi connectivity index (χ4n) is 1.55. The molecule has 0 fully saturated rings. The maximum Gasteiger partial charge on any atom is 0.231 e. The van der Waals surface area contributed by atoms with E-state index in [9.17, 15) is 5.21 Å². The summed E-state index contributed by atoms with van der Waals surface area (Å²) in [5.41, 5.74) is 0. The van der Waals surface area contributed by atoms with E-state index < -0.39 is 10.1 Å². The number of hydrogen-bond acceptors (Lipinski definition) is 5. The third-order valence-corrected chi connectivity index (χ3v) is 2.36. The van der Waals surface area contributed by atoms with E-state index in [0.717, 1.165) is 31.9 Å². The third kappa shape index (κ3) is 10.8. The minimum absolute atomic E-state index is 0.0815. The van der Waals surface area contributed by atoms with Crippen molar-refractivity contribution in [3.63, 3.8) is 0 Å². The van der Waals surface area contributed by atoms with Crippen LogP contribution in [0.25, 0.3) is 0 Å². The second-order valence-electron chi connectivity index (χ2n) is 4.56. The zero-order valence-electron chi connectivity index (χ0n) is 12.3. The first-order chi connectivity index (χ1) is 8.58.